The summed E-state index contributed by atoms with van der Waals surface area (Å²) in [7, 11) is 0. The topological polar surface area (TPSA) is 0 Å². The molecule has 1 heteroatoms. The normalized spacial score (nSPS) is 10.7. The van der Waals surface area contributed by atoms with E-state index < -0.39 is 0 Å². The summed E-state index contributed by atoms with van der Waals surface area (Å²) < 4.78 is 13.9. The van der Waals surface area contributed by atoms with Crippen molar-refractivity contribution in [1.82, 2.24) is 0 Å². The van der Waals surface area contributed by atoms with E-state index in [4.69, 9.17) is 0 Å². The van der Waals surface area contributed by atoms with Crippen LogP contribution in [0.1, 0.15) is 30.0 Å². The van der Waals surface area contributed by atoms with Gasteiger partial charge < -0.3 is 0 Å². The van der Waals surface area contributed by atoms with Gasteiger partial charge in [0.2, 0.25) is 0 Å². The molecule has 0 radical (unpaired) electrons. The van der Waals surface area contributed by atoms with Crippen molar-refractivity contribution < 1.29 is 4.39 Å². The van der Waals surface area contributed by atoms with Crippen molar-refractivity contribution >= 4 is 0 Å². The van der Waals surface area contributed by atoms with Crippen LogP contribution in [0.3, 0.4) is 0 Å². The van der Waals surface area contributed by atoms with Crippen LogP contribution >= 0.6 is 0 Å². The predicted molar refractivity (Wildman–Crippen MR) is 75.3 cm³/mol. The minimum absolute atomic E-state index is 0.0886. The van der Waals surface area contributed by atoms with Gasteiger partial charge in [-0.25, -0.2) is 4.39 Å². The molecule has 0 saturated heterocycles. The number of rotatable bonds is 3. The molecule has 0 atom stereocenters. The summed E-state index contributed by atoms with van der Waals surface area (Å²) in [6.07, 6.45) is 1.74. The van der Waals surface area contributed by atoms with Gasteiger partial charge in [-0.05, 0) is 48.6 Å². The van der Waals surface area contributed by atoms with Gasteiger partial charge in [0.15, 0.2) is 0 Å². The largest absolute Gasteiger partial charge is 0.207 e. The lowest BCUT2D eigenvalue weighted by atomic mass is 9.93. The summed E-state index contributed by atoms with van der Waals surface area (Å²) in [5.74, 6) is -0.0886. The molecule has 0 saturated carbocycles. The van der Waals surface area contributed by atoms with Crippen LogP contribution in [0.15, 0.2) is 36.4 Å². The Balaban J connectivity index is 2.59. The molecule has 0 aliphatic rings. The molecule has 2 aromatic carbocycles. The lowest BCUT2D eigenvalue weighted by molar-refractivity contribution is 0.608. The lowest BCUT2D eigenvalue weighted by Gasteiger charge is -2.13. The minimum Gasteiger partial charge on any atom is -0.207 e. The van der Waals surface area contributed by atoms with Crippen LogP contribution in [-0.4, -0.2) is 0 Å². The zero-order chi connectivity index (χ0) is 13.1. The summed E-state index contributed by atoms with van der Waals surface area (Å²) in [6.45, 7) is 6.25. The molecule has 0 aromatic heterocycles. The molecular formula is C17H19F. The van der Waals surface area contributed by atoms with Gasteiger partial charge in [0.25, 0.3) is 0 Å². The van der Waals surface area contributed by atoms with E-state index in [2.05, 4.69) is 39.0 Å². The van der Waals surface area contributed by atoms with Crippen molar-refractivity contribution in [1.29, 1.82) is 0 Å². The lowest BCUT2D eigenvalue weighted by Crippen LogP contribution is -1.96. The first-order valence-corrected chi connectivity index (χ1v) is 6.48. The fraction of sp³-hybridized carbons (Fsp3) is 0.294. The maximum Gasteiger partial charge on any atom is 0.127 e. The average molecular weight is 242 g/mol. The van der Waals surface area contributed by atoms with Gasteiger partial charge in [0, 0.05) is 0 Å². The highest BCUT2D eigenvalue weighted by atomic mass is 19.1. The highest BCUT2D eigenvalue weighted by molar-refractivity contribution is 5.71. The van der Waals surface area contributed by atoms with Crippen LogP contribution in [0.25, 0.3) is 11.1 Å². The van der Waals surface area contributed by atoms with E-state index in [9.17, 15) is 4.39 Å². The van der Waals surface area contributed by atoms with Crippen molar-refractivity contribution in [2.45, 2.75) is 33.6 Å². The SMILES string of the molecule is CCCc1c(F)cccc1-c1ccc(C)cc1C. The Hall–Kier alpha value is -1.63. The molecule has 2 rings (SSSR count). The molecule has 0 amide bonds. The maximum absolute atomic E-state index is 13.9. The van der Waals surface area contributed by atoms with Gasteiger partial charge in [-0.3, -0.25) is 0 Å². The van der Waals surface area contributed by atoms with Crippen LogP contribution in [0, 0.1) is 19.7 Å². The quantitative estimate of drug-likeness (QED) is 0.705. The van der Waals surface area contributed by atoms with E-state index in [0.717, 1.165) is 29.5 Å². The fourth-order valence-electron chi connectivity index (χ4n) is 2.43. The van der Waals surface area contributed by atoms with Crippen molar-refractivity contribution in [2.24, 2.45) is 0 Å². The first-order chi connectivity index (χ1) is 8.63. The van der Waals surface area contributed by atoms with E-state index in [-0.39, 0.29) is 5.82 Å². The third kappa shape index (κ3) is 2.45. The number of benzene rings is 2. The molecule has 0 spiro atoms. The second-order valence-electron chi connectivity index (χ2n) is 4.83. The predicted octanol–water partition coefficient (Wildman–Crippen LogP) is 5.06. The fourth-order valence-corrected chi connectivity index (χ4v) is 2.43. The van der Waals surface area contributed by atoms with Gasteiger partial charge in [-0.1, -0.05) is 49.2 Å². The summed E-state index contributed by atoms with van der Waals surface area (Å²) >= 11 is 0. The Morgan fingerprint density at radius 3 is 2.44 bits per heavy atom. The molecule has 94 valence electrons. The van der Waals surface area contributed by atoms with Crippen LogP contribution in [0.2, 0.25) is 0 Å². The van der Waals surface area contributed by atoms with Crippen LogP contribution in [0.4, 0.5) is 4.39 Å². The summed E-state index contributed by atoms with van der Waals surface area (Å²) in [5, 5.41) is 0. The van der Waals surface area contributed by atoms with E-state index in [1.807, 2.05) is 6.07 Å². The molecule has 2 aromatic rings. The molecule has 0 aliphatic carbocycles. The molecule has 0 aliphatic heterocycles. The third-order valence-corrected chi connectivity index (χ3v) is 3.29. The van der Waals surface area contributed by atoms with E-state index in [1.165, 1.54) is 11.1 Å². The molecule has 0 nitrogen and oxygen atoms in total. The summed E-state index contributed by atoms with van der Waals surface area (Å²) in [5.41, 5.74) is 5.47. The number of halogens is 1. The molecule has 0 bridgehead atoms. The number of aryl methyl sites for hydroxylation is 2. The molecule has 0 heterocycles. The molecule has 0 fully saturated rings. The zero-order valence-corrected chi connectivity index (χ0v) is 11.3. The smallest absolute Gasteiger partial charge is 0.127 e. The second kappa shape index (κ2) is 5.34. The van der Waals surface area contributed by atoms with Gasteiger partial charge in [0.1, 0.15) is 5.82 Å². The van der Waals surface area contributed by atoms with Gasteiger partial charge >= 0.3 is 0 Å². The van der Waals surface area contributed by atoms with E-state index in [0.29, 0.717) is 0 Å². The Morgan fingerprint density at radius 2 is 1.78 bits per heavy atom. The van der Waals surface area contributed by atoms with E-state index >= 15 is 0 Å². The van der Waals surface area contributed by atoms with Gasteiger partial charge in [-0.2, -0.15) is 0 Å². The summed E-state index contributed by atoms with van der Waals surface area (Å²) in [6, 6.07) is 11.7. The Kier molecular flexibility index (Phi) is 3.81. The number of hydrogen-bond acceptors (Lipinski definition) is 0. The molecule has 0 unspecified atom stereocenters. The maximum atomic E-state index is 13.9. The van der Waals surface area contributed by atoms with Gasteiger partial charge in [0.05, 0.1) is 0 Å². The highest BCUT2D eigenvalue weighted by Crippen LogP contribution is 2.29. The van der Waals surface area contributed by atoms with Crippen LogP contribution in [-0.2, 0) is 6.42 Å². The first kappa shape index (κ1) is 12.8. The monoisotopic (exact) mass is 242 g/mol. The van der Waals surface area contributed by atoms with Crippen LogP contribution in [0.5, 0.6) is 0 Å². The Labute approximate surface area is 108 Å². The first-order valence-electron chi connectivity index (χ1n) is 6.48. The molecule has 0 N–H and O–H groups in total. The Bertz CT molecular complexity index is 556. The molecular weight excluding hydrogens is 223 g/mol. The summed E-state index contributed by atoms with van der Waals surface area (Å²) in [4.78, 5) is 0. The standard InChI is InChI=1S/C17H19F/c1-4-6-16-15(7-5-8-17(16)18)14-10-9-12(2)11-13(14)3/h5,7-11H,4,6H2,1-3H3. The van der Waals surface area contributed by atoms with Crippen molar-refractivity contribution in [2.75, 3.05) is 0 Å². The average Bonchev–Trinajstić information content (AvgIpc) is 2.32. The van der Waals surface area contributed by atoms with Crippen molar-refractivity contribution in [3.63, 3.8) is 0 Å². The number of hydrogen-bond donors (Lipinski definition) is 0. The second-order valence-corrected chi connectivity index (χ2v) is 4.83. The van der Waals surface area contributed by atoms with Crippen molar-refractivity contribution in [3.8, 4) is 11.1 Å². The van der Waals surface area contributed by atoms with Gasteiger partial charge in [-0.15, -0.1) is 0 Å². The Morgan fingerprint density at radius 1 is 1.00 bits per heavy atom. The highest BCUT2D eigenvalue weighted by Gasteiger charge is 2.11. The van der Waals surface area contributed by atoms with E-state index in [1.54, 1.807) is 12.1 Å². The van der Waals surface area contributed by atoms with Crippen molar-refractivity contribution in [3.05, 3.63) is 58.9 Å². The third-order valence-electron chi connectivity index (χ3n) is 3.29. The molecule has 18 heavy (non-hydrogen) atoms. The minimum atomic E-state index is -0.0886. The van der Waals surface area contributed by atoms with Crippen LogP contribution < -0.4 is 0 Å². The zero-order valence-electron chi connectivity index (χ0n) is 11.3.